The van der Waals surface area contributed by atoms with Crippen molar-refractivity contribution in [2.75, 3.05) is 20.2 Å². The van der Waals surface area contributed by atoms with Gasteiger partial charge in [0.05, 0.1) is 0 Å². The zero-order valence-electron chi connectivity index (χ0n) is 16.7. The first kappa shape index (κ1) is 21.9. The number of nitrogens with zero attached hydrogens (tertiary/aromatic N) is 2. The maximum atomic E-state index is 12.5. The van der Waals surface area contributed by atoms with Crippen LogP contribution in [0.15, 0.2) is 54.6 Å². The van der Waals surface area contributed by atoms with E-state index in [9.17, 15) is 14.4 Å². The molecule has 0 saturated heterocycles. The van der Waals surface area contributed by atoms with E-state index in [-0.39, 0.29) is 18.2 Å². The van der Waals surface area contributed by atoms with Gasteiger partial charge in [0.1, 0.15) is 5.75 Å². The number of ether oxygens (including phenoxy) is 1. The summed E-state index contributed by atoms with van der Waals surface area (Å²) in [6, 6.07) is 16.6. The van der Waals surface area contributed by atoms with Gasteiger partial charge in [-0.1, -0.05) is 42.5 Å². The topological polar surface area (TPSA) is 87.2 Å². The molecule has 0 spiro atoms. The van der Waals surface area contributed by atoms with Crippen molar-refractivity contribution >= 4 is 17.8 Å². The van der Waals surface area contributed by atoms with Crippen molar-refractivity contribution < 1.29 is 24.2 Å². The number of aliphatic carboxylic acids is 1. The van der Waals surface area contributed by atoms with Crippen LogP contribution in [-0.2, 0) is 27.5 Å². The molecule has 7 heteroatoms. The first-order valence-corrected chi connectivity index (χ1v) is 9.32. The second kappa shape index (κ2) is 10.8. The maximum Gasteiger partial charge on any atom is 0.341 e. The van der Waals surface area contributed by atoms with Crippen molar-refractivity contribution in [3.63, 3.8) is 0 Å². The van der Waals surface area contributed by atoms with Gasteiger partial charge in [-0.05, 0) is 23.3 Å². The molecule has 0 atom stereocenters. The van der Waals surface area contributed by atoms with Crippen LogP contribution < -0.4 is 4.74 Å². The number of benzene rings is 2. The van der Waals surface area contributed by atoms with E-state index in [1.807, 2.05) is 30.3 Å². The van der Waals surface area contributed by atoms with Gasteiger partial charge in [0.2, 0.25) is 11.8 Å². The summed E-state index contributed by atoms with van der Waals surface area (Å²) < 4.78 is 5.09. The third-order valence-electron chi connectivity index (χ3n) is 4.39. The quantitative estimate of drug-likeness (QED) is 0.665. The lowest BCUT2D eigenvalue weighted by Crippen LogP contribution is -2.34. The molecular formula is C22H26N2O5. The first-order valence-electron chi connectivity index (χ1n) is 9.32. The summed E-state index contributed by atoms with van der Waals surface area (Å²) in [6.45, 7) is 2.36. The molecule has 0 aliphatic rings. The maximum absolute atomic E-state index is 12.5. The fraction of sp³-hybridized carbons (Fsp3) is 0.318. The number of amides is 2. The molecule has 0 saturated carbocycles. The van der Waals surface area contributed by atoms with Gasteiger partial charge < -0.3 is 19.6 Å². The second-order valence-electron chi connectivity index (χ2n) is 6.75. The zero-order chi connectivity index (χ0) is 21.2. The Hall–Kier alpha value is -3.35. The van der Waals surface area contributed by atoms with E-state index in [2.05, 4.69) is 0 Å². The van der Waals surface area contributed by atoms with Gasteiger partial charge >= 0.3 is 5.97 Å². The molecule has 0 aliphatic carbocycles. The van der Waals surface area contributed by atoms with Crippen LogP contribution in [0.1, 0.15) is 24.5 Å². The summed E-state index contributed by atoms with van der Waals surface area (Å²) in [5.74, 6) is -0.703. The minimum absolute atomic E-state index is 0.0597. The van der Waals surface area contributed by atoms with E-state index in [4.69, 9.17) is 9.84 Å². The van der Waals surface area contributed by atoms with E-state index < -0.39 is 12.6 Å². The molecule has 0 unspecified atom stereocenters. The number of carbonyl (C=O) groups is 3. The number of rotatable bonds is 10. The Morgan fingerprint density at radius 2 is 1.55 bits per heavy atom. The molecule has 0 heterocycles. The molecule has 29 heavy (non-hydrogen) atoms. The summed E-state index contributed by atoms with van der Waals surface area (Å²) in [6.07, 6.45) is 0.239. The number of carboxylic acids is 1. The Morgan fingerprint density at radius 1 is 0.931 bits per heavy atom. The fourth-order valence-electron chi connectivity index (χ4n) is 2.77. The van der Waals surface area contributed by atoms with Gasteiger partial charge in [-0.15, -0.1) is 0 Å². The van der Waals surface area contributed by atoms with Crippen LogP contribution in [0.25, 0.3) is 0 Å². The standard InChI is InChI=1S/C22H26N2O5/c1-17(25)24(15-18-6-4-3-5-7-18)13-12-21(26)23(2)14-19-8-10-20(11-9-19)29-16-22(27)28/h3-11H,12-16H2,1-2H3,(H,27,28). The molecule has 2 rings (SSSR count). The molecule has 1 N–H and O–H groups in total. The average molecular weight is 398 g/mol. The molecule has 0 fully saturated rings. The predicted molar refractivity (Wildman–Crippen MR) is 108 cm³/mol. The smallest absolute Gasteiger partial charge is 0.341 e. The van der Waals surface area contributed by atoms with E-state index in [1.165, 1.54) is 6.92 Å². The minimum atomic E-state index is -1.04. The van der Waals surface area contributed by atoms with Crippen molar-refractivity contribution in [2.24, 2.45) is 0 Å². The zero-order valence-corrected chi connectivity index (χ0v) is 16.7. The highest BCUT2D eigenvalue weighted by molar-refractivity contribution is 5.78. The third-order valence-corrected chi connectivity index (χ3v) is 4.39. The fourth-order valence-corrected chi connectivity index (χ4v) is 2.77. The van der Waals surface area contributed by atoms with Crippen molar-refractivity contribution in [3.05, 3.63) is 65.7 Å². The summed E-state index contributed by atoms with van der Waals surface area (Å²) in [5, 5.41) is 8.62. The molecule has 0 aromatic heterocycles. The molecule has 7 nitrogen and oxygen atoms in total. The van der Waals surface area contributed by atoms with Gasteiger partial charge in [-0.3, -0.25) is 9.59 Å². The number of hydrogen-bond acceptors (Lipinski definition) is 4. The lowest BCUT2D eigenvalue weighted by molar-refractivity contribution is -0.139. The molecule has 2 aromatic rings. The van der Waals surface area contributed by atoms with Crippen molar-refractivity contribution in [1.29, 1.82) is 0 Å². The minimum Gasteiger partial charge on any atom is -0.482 e. The number of carbonyl (C=O) groups excluding carboxylic acids is 2. The first-order chi connectivity index (χ1) is 13.8. The highest BCUT2D eigenvalue weighted by Crippen LogP contribution is 2.14. The van der Waals surface area contributed by atoms with Crippen LogP contribution >= 0.6 is 0 Å². The molecule has 0 bridgehead atoms. The van der Waals surface area contributed by atoms with Crippen LogP contribution in [0.4, 0.5) is 0 Å². The van der Waals surface area contributed by atoms with Crippen molar-refractivity contribution in [1.82, 2.24) is 9.80 Å². The Balaban J connectivity index is 1.84. The highest BCUT2D eigenvalue weighted by Gasteiger charge is 2.15. The Labute approximate surface area is 170 Å². The van der Waals surface area contributed by atoms with Gasteiger partial charge in [0, 0.05) is 40.0 Å². The summed E-state index contributed by atoms with van der Waals surface area (Å²) in [5.41, 5.74) is 1.92. The highest BCUT2D eigenvalue weighted by atomic mass is 16.5. The van der Waals surface area contributed by atoms with Gasteiger partial charge in [-0.25, -0.2) is 4.79 Å². The van der Waals surface area contributed by atoms with Crippen LogP contribution in [-0.4, -0.2) is 52.9 Å². The molecule has 2 aromatic carbocycles. The monoisotopic (exact) mass is 398 g/mol. The van der Waals surface area contributed by atoms with Gasteiger partial charge in [0.15, 0.2) is 6.61 Å². The molecule has 2 amide bonds. The summed E-state index contributed by atoms with van der Waals surface area (Å²) in [4.78, 5) is 38.2. The number of carboxylic acid groups (broad SMARTS) is 1. The lowest BCUT2D eigenvalue weighted by atomic mass is 10.2. The van der Waals surface area contributed by atoms with Gasteiger partial charge in [-0.2, -0.15) is 0 Å². The average Bonchev–Trinajstić information content (AvgIpc) is 2.70. The van der Waals surface area contributed by atoms with E-state index in [0.717, 1.165) is 11.1 Å². The summed E-state index contributed by atoms with van der Waals surface area (Å²) in [7, 11) is 1.71. The Bertz CT molecular complexity index is 821. The molecule has 0 aliphatic heterocycles. The van der Waals surface area contributed by atoms with Crippen molar-refractivity contribution in [2.45, 2.75) is 26.4 Å². The van der Waals surface area contributed by atoms with E-state index in [0.29, 0.717) is 25.4 Å². The SMILES string of the molecule is CC(=O)N(CCC(=O)N(C)Cc1ccc(OCC(=O)O)cc1)Cc1ccccc1. The Morgan fingerprint density at radius 3 is 2.14 bits per heavy atom. The van der Waals surface area contributed by atoms with Crippen LogP contribution in [0, 0.1) is 0 Å². The van der Waals surface area contributed by atoms with E-state index in [1.54, 1.807) is 41.1 Å². The Kier molecular flexibility index (Phi) is 8.21. The molecule has 154 valence electrons. The van der Waals surface area contributed by atoms with Gasteiger partial charge in [0.25, 0.3) is 0 Å². The molecule has 0 radical (unpaired) electrons. The van der Waals surface area contributed by atoms with Crippen LogP contribution in [0.5, 0.6) is 5.75 Å². The number of hydrogen-bond donors (Lipinski definition) is 1. The second-order valence-corrected chi connectivity index (χ2v) is 6.75. The van der Waals surface area contributed by atoms with Crippen molar-refractivity contribution in [3.8, 4) is 5.75 Å². The van der Waals surface area contributed by atoms with Crippen LogP contribution in [0.3, 0.4) is 0 Å². The normalized spacial score (nSPS) is 10.3. The lowest BCUT2D eigenvalue weighted by Gasteiger charge is -2.23. The van der Waals surface area contributed by atoms with Crippen LogP contribution in [0.2, 0.25) is 0 Å². The predicted octanol–water partition coefficient (Wildman–Crippen LogP) is 2.55. The third kappa shape index (κ3) is 7.65. The largest absolute Gasteiger partial charge is 0.482 e. The van der Waals surface area contributed by atoms with E-state index >= 15 is 0 Å². The molecular weight excluding hydrogens is 372 g/mol. The summed E-state index contributed by atoms with van der Waals surface area (Å²) >= 11 is 0.